The first-order valence-corrected chi connectivity index (χ1v) is 11.8. The Morgan fingerprint density at radius 1 is 0.912 bits per heavy atom. The second kappa shape index (κ2) is 9.85. The van der Waals surface area contributed by atoms with Gasteiger partial charge >= 0.3 is 0 Å². The Kier molecular flexibility index (Phi) is 6.31. The van der Waals surface area contributed by atoms with Crippen molar-refractivity contribution in [1.29, 1.82) is 0 Å². The van der Waals surface area contributed by atoms with Gasteiger partial charge in [-0.1, -0.05) is 72.0 Å². The number of thiazole rings is 1. The summed E-state index contributed by atoms with van der Waals surface area (Å²) in [5.41, 5.74) is 4.86. The number of aromatic nitrogens is 2. The topological polar surface area (TPSA) is 55.3 Å². The van der Waals surface area contributed by atoms with E-state index in [0.717, 1.165) is 38.4 Å². The van der Waals surface area contributed by atoms with E-state index in [1.807, 2.05) is 66.7 Å². The van der Waals surface area contributed by atoms with Gasteiger partial charge < -0.3 is 4.74 Å². The number of methoxy groups -OCH3 is 1. The number of hydrogen-bond acceptors (Lipinski definition) is 5. The van der Waals surface area contributed by atoms with Crippen molar-refractivity contribution < 1.29 is 9.53 Å². The smallest absolute Gasteiger partial charge is 0.233 e. The molecule has 0 N–H and O–H groups in total. The summed E-state index contributed by atoms with van der Waals surface area (Å²) < 4.78 is 6.33. The van der Waals surface area contributed by atoms with Crippen LogP contribution in [0.25, 0.3) is 21.3 Å². The lowest BCUT2D eigenvalue weighted by atomic mass is 10.0. The van der Waals surface area contributed by atoms with E-state index < -0.39 is 0 Å². The molecule has 0 radical (unpaired) electrons. The molecule has 0 atom stereocenters. The molecule has 0 unspecified atom stereocenters. The molecule has 2 heterocycles. The molecule has 34 heavy (non-hydrogen) atoms. The fraction of sp³-hybridized carbons (Fsp3) is 0.107. The Morgan fingerprint density at radius 3 is 2.41 bits per heavy atom. The normalized spacial score (nSPS) is 10.9. The average molecular weight is 466 g/mol. The molecule has 0 fully saturated rings. The summed E-state index contributed by atoms with van der Waals surface area (Å²) in [6, 6.07) is 29.9. The number of anilines is 1. The van der Waals surface area contributed by atoms with Crippen molar-refractivity contribution in [2.75, 3.05) is 12.0 Å². The summed E-state index contributed by atoms with van der Waals surface area (Å²) in [5.74, 6) is 0.717. The van der Waals surface area contributed by atoms with E-state index in [4.69, 9.17) is 9.72 Å². The number of carbonyl (C=O) groups excluding carboxylic acids is 1. The molecule has 5 aromatic rings. The summed E-state index contributed by atoms with van der Waals surface area (Å²) in [4.78, 5) is 24.4. The maximum Gasteiger partial charge on any atom is 0.233 e. The number of benzene rings is 3. The lowest BCUT2D eigenvalue weighted by molar-refractivity contribution is -0.118. The molecule has 5 nitrogen and oxygen atoms in total. The highest BCUT2D eigenvalue weighted by Crippen LogP contribution is 2.32. The van der Waals surface area contributed by atoms with Crippen molar-refractivity contribution >= 4 is 32.6 Å². The van der Waals surface area contributed by atoms with E-state index in [1.165, 1.54) is 11.3 Å². The van der Waals surface area contributed by atoms with Crippen LogP contribution in [-0.2, 0) is 17.8 Å². The number of carbonyl (C=O) groups is 1. The third-order valence-corrected chi connectivity index (χ3v) is 6.64. The monoisotopic (exact) mass is 465 g/mol. The first-order valence-electron chi connectivity index (χ1n) is 11.0. The van der Waals surface area contributed by atoms with Crippen LogP contribution < -0.4 is 9.64 Å². The highest BCUT2D eigenvalue weighted by Gasteiger charge is 2.21. The number of fused-ring (bicyclic) bond motifs is 1. The molecule has 2 aromatic heterocycles. The Morgan fingerprint density at radius 2 is 1.68 bits per heavy atom. The Bertz CT molecular complexity index is 1400. The molecular formula is C28H23N3O2S. The lowest BCUT2D eigenvalue weighted by Crippen LogP contribution is -2.32. The van der Waals surface area contributed by atoms with Crippen molar-refractivity contribution in [2.24, 2.45) is 0 Å². The summed E-state index contributed by atoms with van der Waals surface area (Å²) in [5, 5.41) is 0.653. The van der Waals surface area contributed by atoms with Crippen LogP contribution in [0.15, 0.2) is 97.2 Å². The highest BCUT2D eigenvalue weighted by atomic mass is 32.1. The van der Waals surface area contributed by atoms with Crippen LogP contribution in [0.1, 0.15) is 11.3 Å². The molecule has 0 aliphatic carbocycles. The molecule has 0 spiro atoms. The van der Waals surface area contributed by atoms with E-state index in [1.54, 1.807) is 18.2 Å². The van der Waals surface area contributed by atoms with Crippen molar-refractivity contribution in [3.63, 3.8) is 0 Å². The van der Waals surface area contributed by atoms with E-state index in [2.05, 4.69) is 29.2 Å². The minimum absolute atomic E-state index is 0.0239. The predicted molar refractivity (Wildman–Crippen MR) is 137 cm³/mol. The first kappa shape index (κ1) is 21.8. The number of nitrogens with zero attached hydrogens (tertiary/aromatic N) is 3. The fourth-order valence-electron chi connectivity index (χ4n) is 3.77. The number of hydrogen-bond donors (Lipinski definition) is 0. The zero-order valence-corrected chi connectivity index (χ0v) is 19.5. The van der Waals surface area contributed by atoms with Crippen LogP contribution in [-0.4, -0.2) is 23.0 Å². The van der Waals surface area contributed by atoms with Gasteiger partial charge in [-0.2, -0.15) is 0 Å². The van der Waals surface area contributed by atoms with E-state index in [0.29, 0.717) is 11.7 Å². The van der Waals surface area contributed by atoms with Crippen LogP contribution in [0, 0.1) is 0 Å². The van der Waals surface area contributed by atoms with Gasteiger partial charge in [0.2, 0.25) is 5.91 Å². The maximum atomic E-state index is 13.5. The van der Waals surface area contributed by atoms with Crippen molar-refractivity contribution in [3.05, 3.63) is 108 Å². The van der Waals surface area contributed by atoms with Crippen molar-refractivity contribution in [3.8, 4) is 16.9 Å². The van der Waals surface area contributed by atoms with Crippen LogP contribution in [0.5, 0.6) is 5.75 Å². The molecule has 0 bridgehead atoms. The van der Waals surface area contributed by atoms with Crippen molar-refractivity contribution in [1.82, 2.24) is 9.97 Å². The van der Waals surface area contributed by atoms with E-state index >= 15 is 0 Å². The third-order valence-electron chi connectivity index (χ3n) is 5.58. The lowest BCUT2D eigenvalue weighted by Gasteiger charge is -2.19. The Hall–Kier alpha value is -4.03. The quantitative estimate of drug-likeness (QED) is 0.290. The highest BCUT2D eigenvalue weighted by molar-refractivity contribution is 7.22. The average Bonchev–Trinajstić information content (AvgIpc) is 3.31. The molecular weight excluding hydrogens is 442 g/mol. The number of rotatable bonds is 7. The van der Waals surface area contributed by atoms with Gasteiger partial charge in [-0.3, -0.25) is 14.7 Å². The molecule has 0 aliphatic rings. The molecule has 6 heteroatoms. The second-order valence-electron chi connectivity index (χ2n) is 7.87. The zero-order valence-electron chi connectivity index (χ0n) is 18.7. The van der Waals surface area contributed by atoms with Crippen LogP contribution in [0.4, 0.5) is 5.13 Å². The molecule has 0 saturated heterocycles. The molecule has 0 saturated carbocycles. The van der Waals surface area contributed by atoms with Gasteiger partial charge in [-0.15, -0.1) is 0 Å². The van der Waals surface area contributed by atoms with Gasteiger partial charge in [-0.25, -0.2) is 4.98 Å². The summed E-state index contributed by atoms with van der Waals surface area (Å²) in [7, 11) is 1.63. The minimum Gasteiger partial charge on any atom is -0.497 e. The van der Waals surface area contributed by atoms with Gasteiger partial charge in [-0.05, 0) is 41.0 Å². The Balaban J connectivity index is 1.42. The minimum atomic E-state index is -0.0239. The summed E-state index contributed by atoms with van der Waals surface area (Å²) in [6.07, 6.45) is 2.02. The van der Waals surface area contributed by atoms with Crippen LogP contribution in [0.3, 0.4) is 0 Å². The van der Waals surface area contributed by atoms with Crippen LogP contribution >= 0.6 is 11.3 Å². The second-order valence-corrected chi connectivity index (χ2v) is 8.88. The van der Waals surface area contributed by atoms with Crippen molar-refractivity contribution in [2.45, 2.75) is 13.0 Å². The molecule has 3 aromatic carbocycles. The summed E-state index contributed by atoms with van der Waals surface area (Å²) in [6.45, 7) is 0.360. The standard InChI is InChI=1S/C28H23N3O2S/c1-33-24-14-15-26-25(18-24)30-28(34-26)31(19-23-9-5-6-16-29-23)27(32)17-20-10-12-22(13-11-20)21-7-3-2-4-8-21/h2-16,18H,17,19H2,1H3. The fourth-order valence-corrected chi connectivity index (χ4v) is 4.73. The number of amides is 1. The third kappa shape index (κ3) is 4.82. The van der Waals surface area contributed by atoms with Gasteiger partial charge in [0.25, 0.3) is 0 Å². The first-order chi connectivity index (χ1) is 16.7. The molecule has 1 amide bonds. The van der Waals surface area contributed by atoms with Gasteiger partial charge in [0.1, 0.15) is 5.75 Å². The largest absolute Gasteiger partial charge is 0.497 e. The Labute approximate surface area is 202 Å². The molecule has 0 aliphatic heterocycles. The maximum absolute atomic E-state index is 13.5. The van der Waals surface area contributed by atoms with Crippen LogP contribution in [0.2, 0.25) is 0 Å². The molecule has 5 rings (SSSR count). The number of pyridine rings is 1. The van der Waals surface area contributed by atoms with E-state index in [9.17, 15) is 4.79 Å². The summed E-state index contributed by atoms with van der Waals surface area (Å²) >= 11 is 1.49. The van der Waals surface area contributed by atoms with Gasteiger partial charge in [0, 0.05) is 12.3 Å². The van der Waals surface area contributed by atoms with E-state index in [-0.39, 0.29) is 12.3 Å². The van der Waals surface area contributed by atoms with Gasteiger partial charge in [0.15, 0.2) is 5.13 Å². The zero-order chi connectivity index (χ0) is 23.3. The number of ether oxygens (including phenoxy) is 1. The van der Waals surface area contributed by atoms with Gasteiger partial charge in [0.05, 0.1) is 36.0 Å². The SMILES string of the molecule is COc1ccc2sc(N(Cc3ccccn3)C(=O)Cc3ccc(-c4ccccc4)cc3)nc2c1. The molecule has 168 valence electrons. The predicted octanol–water partition coefficient (Wildman–Crippen LogP) is 6.14.